The highest BCUT2D eigenvalue weighted by Gasteiger charge is 1.97. The lowest BCUT2D eigenvalue weighted by molar-refractivity contribution is 0.381. The van der Waals surface area contributed by atoms with Gasteiger partial charge in [-0.05, 0) is 24.3 Å². The van der Waals surface area contributed by atoms with Crippen molar-refractivity contribution in [3.05, 3.63) is 84.2 Å². The first-order valence-corrected chi connectivity index (χ1v) is 11.4. The molecule has 0 aliphatic rings. The Morgan fingerprint density at radius 1 is 0.657 bits per heavy atom. The number of pyridine rings is 2. The predicted octanol–water partition coefficient (Wildman–Crippen LogP) is 1.36. The van der Waals surface area contributed by atoms with Gasteiger partial charge in [0.1, 0.15) is 0 Å². The number of aromatic nitrogens is 2. The molecule has 0 saturated carbocycles. The van der Waals surface area contributed by atoms with Gasteiger partial charge in [0.15, 0.2) is 11.9 Å². The number of para-hydroxylation sites is 2. The monoisotopic (exact) mass is 498 g/mol. The summed E-state index contributed by atoms with van der Waals surface area (Å²) in [7, 11) is -4.67. The van der Waals surface area contributed by atoms with Crippen LogP contribution in [0.4, 0.5) is 0 Å². The number of rotatable bonds is 4. The van der Waals surface area contributed by atoms with E-state index in [1.807, 2.05) is 72.8 Å². The molecule has 2 aromatic carbocycles. The van der Waals surface area contributed by atoms with Crippen LogP contribution in [0.25, 0.3) is 21.8 Å². The molecule has 0 amide bonds. The second kappa shape index (κ2) is 12.8. The van der Waals surface area contributed by atoms with Gasteiger partial charge in [-0.1, -0.05) is 48.5 Å². The average Bonchev–Trinajstić information content (AvgIpc) is 2.80. The lowest BCUT2D eigenvalue weighted by Gasteiger charge is -2.00. The summed E-state index contributed by atoms with van der Waals surface area (Å²) >= 11 is 0. The Morgan fingerprint density at radius 2 is 1.00 bits per heavy atom. The minimum Gasteiger partial charge on any atom is -0.370 e. The van der Waals surface area contributed by atoms with Crippen molar-refractivity contribution in [2.45, 2.75) is 13.1 Å². The van der Waals surface area contributed by atoms with Gasteiger partial charge in [0.25, 0.3) is 0 Å². The smallest absolute Gasteiger partial charge is 0.370 e. The predicted molar refractivity (Wildman–Crippen MR) is 137 cm³/mol. The zero-order valence-electron chi connectivity index (χ0n) is 18.6. The van der Waals surface area contributed by atoms with Gasteiger partial charge in [0.05, 0.1) is 35.5 Å². The summed E-state index contributed by atoms with van der Waals surface area (Å²) in [6.07, 6.45) is 0. The lowest BCUT2D eigenvalue weighted by Crippen LogP contribution is -2.22. The second-order valence-corrected chi connectivity index (χ2v) is 7.82. The first-order valence-electron chi connectivity index (χ1n) is 10.0. The lowest BCUT2D eigenvalue weighted by atomic mass is 10.2. The Kier molecular flexibility index (Phi) is 9.84. The molecule has 0 fully saturated rings. The summed E-state index contributed by atoms with van der Waals surface area (Å²) in [5, 5.41) is 2.23. The molecule has 13 heteroatoms. The summed E-state index contributed by atoms with van der Waals surface area (Å²) in [6, 6.07) is 23.7. The Morgan fingerprint density at radius 3 is 1.34 bits per heavy atom. The third-order valence-electron chi connectivity index (χ3n) is 4.16. The molecular formula is C22H26N8O4S. The third kappa shape index (κ3) is 10.9. The van der Waals surface area contributed by atoms with Crippen LogP contribution in [0, 0.1) is 0 Å². The van der Waals surface area contributed by atoms with Crippen LogP contribution in [0.15, 0.2) is 82.8 Å². The van der Waals surface area contributed by atoms with E-state index >= 15 is 0 Å². The van der Waals surface area contributed by atoms with Crippen molar-refractivity contribution >= 4 is 44.1 Å². The molecule has 12 nitrogen and oxygen atoms in total. The van der Waals surface area contributed by atoms with E-state index in [-0.39, 0.29) is 11.9 Å². The van der Waals surface area contributed by atoms with Crippen LogP contribution in [0.5, 0.6) is 0 Å². The molecular weight excluding hydrogens is 472 g/mol. The van der Waals surface area contributed by atoms with Gasteiger partial charge >= 0.3 is 10.4 Å². The van der Waals surface area contributed by atoms with E-state index in [1.165, 1.54) is 0 Å². The number of fused-ring (bicyclic) bond motifs is 2. The van der Waals surface area contributed by atoms with E-state index < -0.39 is 10.4 Å². The quantitative estimate of drug-likeness (QED) is 0.134. The van der Waals surface area contributed by atoms with Crippen LogP contribution in [-0.4, -0.2) is 39.4 Å². The van der Waals surface area contributed by atoms with Gasteiger partial charge in [-0.15, -0.1) is 0 Å². The number of hydrogen-bond donors (Lipinski definition) is 6. The zero-order chi connectivity index (χ0) is 25.8. The van der Waals surface area contributed by atoms with E-state index in [4.69, 9.17) is 40.5 Å². The molecule has 0 radical (unpaired) electrons. The van der Waals surface area contributed by atoms with Crippen LogP contribution in [0.3, 0.4) is 0 Å². The van der Waals surface area contributed by atoms with E-state index in [1.54, 1.807) is 0 Å². The molecule has 10 N–H and O–H groups in total. The summed E-state index contributed by atoms with van der Waals surface area (Å²) in [5.41, 5.74) is 24.7. The first-order chi connectivity index (χ1) is 16.5. The van der Waals surface area contributed by atoms with Gasteiger partial charge in [-0.3, -0.25) is 19.1 Å². The molecule has 35 heavy (non-hydrogen) atoms. The molecule has 0 spiro atoms. The maximum atomic E-state index is 8.74. The van der Waals surface area contributed by atoms with Crippen molar-refractivity contribution in [2.75, 3.05) is 0 Å². The zero-order valence-corrected chi connectivity index (χ0v) is 19.4. The minimum atomic E-state index is -4.67. The van der Waals surface area contributed by atoms with Crippen LogP contribution >= 0.6 is 0 Å². The third-order valence-corrected chi connectivity index (χ3v) is 4.16. The summed E-state index contributed by atoms with van der Waals surface area (Å²) in [6.45, 7) is 0.848. The van der Waals surface area contributed by atoms with Crippen molar-refractivity contribution in [3.8, 4) is 0 Å². The van der Waals surface area contributed by atoms with Crippen LogP contribution in [0.2, 0.25) is 0 Å². The molecule has 0 saturated heterocycles. The summed E-state index contributed by atoms with van der Waals surface area (Å²) < 4.78 is 31.6. The van der Waals surface area contributed by atoms with Gasteiger partial charge in [-0.25, -0.2) is 9.98 Å². The molecule has 4 aromatic rings. The van der Waals surface area contributed by atoms with E-state index in [0.717, 1.165) is 33.2 Å². The minimum absolute atomic E-state index is 0.0879. The molecule has 4 rings (SSSR count). The highest BCUT2D eigenvalue weighted by molar-refractivity contribution is 7.79. The molecule has 184 valence electrons. The maximum Gasteiger partial charge on any atom is 0.394 e. The highest BCUT2D eigenvalue weighted by atomic mass is 32.3. The number of nitrogens with zero attached hydrogens (tertiary/aromatic N) is 4. The Hall–Kier alpha value is -4.33. The second-order valence-electron chi connectivity index (χ2n) is 6.92. The Balaban J connectivity index is 0.000000208. The fraction of sp³-hybridized carbons (Fsp3) is 0.0909. The van der Waals surface area contributed by atoms with E-state index in [9.17, 15) is 0 Å². The molecule has 0 bridgehead atoms. The van der Waals surface area contributed by atoms with Crippen molar-refractivity contribution in [3.63, 3.8) is 0 Å². The van der Waals surface area contributed by atoms with Crippen LogP contribution in [-0.2, 0) is 23.5 Å². The Labute approximate surface area is 202 Å². The highest BCUT2D eigenvalue weighted by Crippen LogP contribution is 2.13. The molecule has 0 unspecified atom stereocenters. The fourth-order valence-corrected chi connectivity index (χ4v) is 2.74. The van der Waals surface area contributed by atoms with Gasteiger partial charge in [0, 0.05) is 10.8 Å². The SMILES string of the molecule is NC(N)=NCc1ccc2ccccc2n1.NC(N)=NCc1ccc2ccccc2n1.O=S(=O)(O)O. The maximum absolute atomic E-state index is 8.74. The van der Waals surface area contributed by atoms with Gasteiger partial charge < -0.3 is 22.9 Å². The molecule has 2 heterocycles. The first kappa shape index (κ1) is 26.9. The van der Waals surface area contributed by atoms with Gasteiger partial charge in [-0.2, -0.15) is 8.42 Å². The molecule has 0 aliphatic heterocycles. The fourth-order valence-electron chi connectivity index (χ4n) is 2.74. The number of nitrogens with two attached hydrogens (primary N) is 4. The number of guanidine groups is 2. The normalized spacial score (nSPS) is 10.3. The number of hydrogen-bond acceptors (Lipinski definition) is 6. The summed E-state index contributed by atoms with van der Waals surface area (Å²) in [5.74, 6) is 0.176. The molecule has 0 aliphatic carbocycles. The van der Waals surface area contributed by atoms with Gasteiger partial charge in [0.2, 0.25) is 0 Å². The van der Waals surface area contributed by atoms with Crippen LogP contribution in [0.1, 0.15) is 11.4 Å². The largest absolute Gasteiger partial charge is 0.394 e. The van der Waals surface area contributed by atoms with E-state index in [0.29, 0.717) is 13.1 Å². The number of aliphatic imine (C=N–C) groups is 2. The van der Waals surface area contributed by atoms with Crippen LogP contribution < -0.4 is 22.9 Å². The topological polar surface area (TPSA) is 229 Å². The van der Waals surface area contributed by atoms with Crippen molar-refractivity contribution < 1.29 is 17.5 Å². The average molecular weight is 499 g/mol. The standard InChI is InChI=1S/2C11H12N4.H2O4S/c2*12-11(13)14-7-9-6-5-8-3-1-2-4-10(8)15-9;1-5(2,3)4/h2*1-6H,7H2,(H4,12,13,14);(H2,1,2,3,4). The molecule has 2 aromatic heterocycles. The van der Waals surface area contributed by atoms with E-state index in [2.05, 4.69) is 20.0 Å². The Bertz CT molecular complexity index is 1330. The summed E-state index contributed by atoms with van der Waals surface area (Å²) in [4.78, 5) is 16.7. The van der Waals surface area contributed by atoms with Crippen molar-refractivity contribution in [1.29, 1.82) is 0 Å². The molecule has 0 atom stereocenters. The van der Waals surface area contributed by atoms with Crippen molar-refractivity contribution in [2.24, 2.45) is 32.9 Å². The van der Waals surface area contributed by atoms with Crippen molar-refractivity contribution in [1.82, 2.24) is 9.97 Å². The number of benzene rings is 2.